The van der Waals surface area contributed by atoms with Crippen LogP contribution in [0.25, 0.3) is 5.69 Å². The fourth-order valence-corrected chi connectivity index (χ4v) is 2.83. The largest absolute Gasteiger partial charge is 0.325 e. The van der Waals surface area contributed by atoms with Crippen LogP contribution in [0, 0.1) is 0 Å². The number of sulfonamides is 1. The standard InChI is InChI=1S/C11H9N7O4S/c19-10-9(5-12-11(20)14-10)23(21,22)15-7-1-3-8(4-2-7)18-6-13-16-17-18/h1-6,15H,(H2,12,14,19,20). The number of anilines is 1. The first-order chi connectivity index (χ1) is 11.0. The summed E-state index contributed by atoms with van der Waals surface area (Å²) in [5, 5.41) is 10.7. The molecular formula is C11H9N7O4S. The highest BCUT2D eigenvalue weighted by Crippen LogP contribution is 2.15. The van der Waals surface area contributed by atoms with Gasteiger partial charge in [0.1, 0.15) is 6.33 Å². The number of tetrazole rings is 1. The summed E-state index contributed by atoms with van der Waals surface area (Å²) in [5.41, 5.74) is -0.946. The molecule has 0 spiro atoms. The fraction of sp³-hybridized carbons (Fsp3) is 0. The summed E-state index contributed by atoms with van der Waals surface area (Å²) >= 11 is 0. The van der Waals surface area contributed by atoms with Crippen molar-refractivity contribution in [2.75, 3.05) is 4.72 Å². The van der Waals surface area contributed by atoms with Crippen LogP contribution in [0.5, 0.6) is 0 Å². The Morgan fingerprint density at radius 2 is 1.87 bits per heavy atom. The second-order valence-corrected chi connectivity index (χ2v) is 5.99. The van der Waals surface area contributed by atoms with Crippen molar-refractivity contribution in [3.8, 4) is 5.69 Å². The molecule has 0 atom stereocenters. The highest BCUT2D eigenvalue weighted by molar-refractivity contribution is 7.92. The molecule has 23 heavy (non-hydrogen) atoms. The Morgan fingerprint density at radius 1 is 1.13 bits per heavy atom. The van der Waals surface area contributed by atoms with Crippen molar-refractivity contribution in [3.63, 3.8) is 0 Å². The predicted octanol–water partition coefficient (Wildman–Crippen LogP) is -1.16. The van der Waals surface area contributed by atoms with Gasteiger partial charge in [-0.25, -0.2) is 17.9 Å². The number of rotatable bonds is 4. The lowest BCUT2D eigenvalue weighted by Gasteiger charge is -2.07. The average molecular weight is 335 g/mol. The van der Waals surface area contributed by atoms with E-state index in [2.05, 4.69) is 25.2 Å². The van der Waals surface area contributed by atoms with Crippen LogP contribution >= 0.6 is 0 Å². The molecule has 2 heterocycles. The van der Waals surface area contributed by atoms with Crippen LogP contribution in [0.3, 0.4) is 0 Å². The molecule has 0 saturated carbocycles. The predicted molar refractivity (Wildman–Crippen MR) is 77.6 cm³/mol. The van der Waals surface area contributed by atoms with E-state index < -0.39 is 26.2 Å². The summed E-state index contributed by atoms with van der Waals surface area (Å²) < 4.78 is 27.9. The van der Waals surface area contributed by atoms with Gasteiger partial charge in [-0.2, -0.15) is 0 Å². The summed E-state index contributed by atoms with van der Waals surface area (Å²) in [6.07, 6.45) is 2.22. The third-order valence-electron chi connectivity index (χ3n) is 2.81. The molecule has 118 valence electrons. The van der Waals surface area contributed by atoms with Crippen molar-refractivity contribution in [2.45, 2.75) is 4.90 Å². The molecule has 0 amide bonds. The molecule has 0 fully saturated rings. The molecule has 0 unspecified atom stereocenters. The van der Waals surface area contributed by atoms with Gasteiger partial charge in [0, 0.05) is 11.9 Å². The van der Waals surface area contributed by atoms with Crippen LogP contribution in [0.15, 0.2) is 51.3 Å². The van der Waals surface area contributed by atoms with E-state index in [0.717, 1.165) is 6.20 Å². The van der Waals surface area contributed by atoms with Gasteiger partial charge in [-0.3, -0.25) is 14.5 Å². The minimum atomic E-state index is -4.14. The summed E-state index contributed by atoms with van der Waals surface area (Å²) in [4.78, 5) is 25.9. The summed E-state index contributed by atoms with van der Waals surface area (Å²) in [7, 11) is -4.14. The van der Waals surface area contributed by atoms with Gasteiger partial charge in [-0.1, -0.05) is 0 Å². The maximum atomic E-state index is 12.2. The number of nitrogens with zero attached hydrogens (tertiary/aromatic N) is 4. The van der Waals surface area contributed by atoms with E-state index in [4.69, 9.17) is 0 Å². The minimum Gasteiger partial charge on any atom is -0.313 e. The fourth-order valence-electron chi connectivity index (χ4n) is 1.77. The first-order valence-corrected chi connectivity index (χ1v) is 7.62. The first kappa shape index (κ1) is 14.6. The van der Waals surface area contributed by atoms with Crippen LogP contribution in [0.2, 0.25) is 0 Å². The third kappa shape index (κ3) is 3.01. The SMILES string of the molecule is O=c1[nH]cc(S(=O)(=O)Nc2ccc(-n3cnnn3)cc2)c(=O)[nH]1. The molecule has 3 aromatic rings. The van der Waals surface area contributed by atoms with E-state index in [1.807, 2.05) is 4.98 Å². The zero-order valence-electron chi connectivity index (χ0n) is 11.3. The quantitative estimate of drug-likeness (QED) is 0.543. The Bertz CT molecular complexity index is 1030. The Hall–Kier alpha value is -3.28. The number of hydrogen-bond donors (Lipinski definition) is 3. The van der Waals surface area contributed by atoms with Gasteiger partial charge < -0.3 is 4.98 Å². The smallest absolute Gasteiger partial charge is 0.313 e. The number of nitrogens with one attached hydrogen (secondary N) is 3. The van der Waals surface area contributed by atoms with Crippen molar-refractivity contribution in [1.82, 2.24) is 30.2 Å². The molecule has 0 aliphatic carbocycles. The first-order valence-electron chi connectivity index (χ1n) is 6.14. The van der Waals surface area contributed by atoms with Crippen LogP contribution in [-0.4, -0.2) is 38.6 Å². The minimum absolute atomic E-state index is 0.229. The number of aromatic nitrogens is 6. The Morgan fingerprint density at radius 3 is 2.48 bits per heavy atom. The van der Waals surface area contributed by atoms with Crippen LogP contribution in [0.4, 0.5) is 5.69 Å². The molecule has 0 aliphatic rings. The third-order valence-corrected chi connectivity index (χ3v) is 4.19. The summed E-state index contributed by atoms with van der Waals surface area (Å²) in [6.45, 7) is 0. The van der Waals surface area contributed by atoms with E-state index in [9.17, 15) is 18.0 Å². The van der Waals surface area contributed by atoms with Crippen LogP contribution < -0.4 is 16.0 Å². The normalized spacial score (nSPS) is 11.3. The van der Waals surface area contributed by atoms with E-state index in [0.29, 0.717) is 5.69 Å². The number of hydrogen-bond acceptors (Lipinski definition) is 7. The van der Waals surface area contributed by atoms with Crippen molar-refractivity contribution in [3.05, 3.63) is 57.6 Å². The topological polar surface area (TPSA) is 155 Å². The van der Waals surface area contributed by atoms with Crippen LogP contribution in [-0.2, 0) is 10.0 Å². The number of benzene rings is 1. The van der Waals surface area contributed by atoms with Gasteiger partial charge in [0.25, 0.3) is 15.6 Å². The number of H-pyrrole nitrogens is 2. The molecule has 2 aromatic heterocycles. The Kier molecular flexibility index (Phi) is 3.50. The van der Waals surface area contributed by atoms with E-state index >= 15 is 0 Å². The Balaban J connectivity index is 1.89. The average Bonchev–Trinajstić information content (AvgIpc) is 3.01. The van der Waals surface area contributed by atoms with Gasteiger partial charge in [-0.15, -0.1) is 5.10 Å². The van der Waals surface area contributed by atoms with E-state index in [1.165, 1.54) is 23.1 Å². The van der Waals surface area contributed by atoms with Crippen molar-refractivity contribution >= 4 is 15.7 Å². The Labute approximate surface area is 128 Å². The zero-order valence-corrected chi connectivity index (χ0v) is 12.1. The molecule has 3 rings (SSSR count). The van der Waals surface area contributed by atoms with Crippen molar-refractivity contribution < 1.29 is 8.42 Å². The molecule has 1 aromatic carbocycles. The van der Waals surface area contributed by atoms with Gasteiger partial charge >= 0.3 is 5.69 Å². The lowest BCUT2D eigenvalue weighted by atomic mass is 10.3. The van der Waals surface area contributed by atoms with Crippen molar-refractivity contribution in [2.24, 2.45) is 0 Å². The molecule has 12 heteroatoms. The molecule has 0 saturated heterocycles. The van der Waals surface area contributed by atoms with Gasteiger partial charge in [-0.05, 0) is 34.7 Å². The summed E-state index contributed by atoms with van der Waals surface area (Å²) in [6, 6.07) is 6.14. The molecule has 11 nitrogen and oxygen atoms in total. The molecule has 3 N–H and O–H groups in total. The van der Waals surface area contributed by atoms with E-state index in [1.54, 1.807) is 12.1 Å². The monoisotopic (exact) mass is 335 g/mol. The van der Waals surface area contributed by atoms with Gasteiger partial charge in [0.2, 0.25) is 0 Å². The number of aromatic amines is 2. The second-order valence-electron chi connectivity index (χ2n) is 4.34. The maximum Gasteiger partial charge on any atom is 0.325 e. The van der Waals surface area contributed by atoms with Gasteiger partial charge in [0.15, 0.2) is 4.90 Å². The second kappa shape index (κ2) is 5.49. The highest BCUT2D eigenvalue weighted by Gasteiger charge is 2.18. The molecule has 0 radical (unpaired) electrons. The summed E-state index contributed by atoms with van der Waals surface area (Å²) in [5.74, 6) is 0. The molecule has 0 aliphatic heterocycles. The molecule has 0 bridgehead atoms. The van der Waals surface area contributed by atoms with E-state index in [-0.39, 0.29) is 5.69 Å². The lowest BCUT2D eigenvalue weighted by molar-refractivity contribution is 0.599. The highest BCUT2D eigenvalue weighted by atomic mass is 32.2. The van der Waals surface area contributed by atoms with Crippen LogP contribution in [0.1, 0.15) is 0 Å². The van der Waals surface area contributed by atoms with Crippen molar-refractivity contribution in [1.29, 1.82) is 0 Å². The van der Waals surface area contributed by atoms with Gasteiger partial charge in [0.05, 0.1) is 5.69 Å². The maximum absolute atomic E-state index is 12.2. The zero-order chi connectivity index (χ0) is 16.4. The lowest BCUT2D eigenvalue weighted by Crippen LogP contribution is -2.29. The molecular weight excluding hydrogens is 326 g/mol.